The van der Waals surface area contributed by atoms with Crippen LogP contribution in [0.5, 0.6) is 5.88 Å². The number of anilines is 1. The Labute approximate surface area is 158 Å². The molecule has 0 saturated carbocycles. The Kier molecular flexibility index (Phi) is 5.17. The van der Waals surface area contributed by atoms with Gasteiger partial charge in [-0.3, -0.25) is 15.1 Å². The fraction of sp³-hybridized carbons (Fsp3) is 0.421. The number of piperazine rings is 1. The van der Waals surface area contributed by atoms with Gasteiger partial charge in [-0.05, 0) is 5.56 Å². The van der Waals surface area contributed by atoms with Gasteiger partial charge in [-0.2, -0.15) is 4.98 Å². The zero-order valence-corrected chi connectivity index (χ0v) is 15.3. The van der Waals surface area contributed by atoms with Crippen molar-refractivity contribution in [3.8, 4) is 5.88 Å². The van der Waals surface area contributed by atoms with Crippen LogP contribution in [0, 0.1) is 0 Å². The van der Waals surface area contributed by atoms with Crippen LogP contribution in [0.2, 0.25) is 0 Å². The number of benzene rings is 1. The van der Waals surface area contributed by atoms with Gasteiger partial charge in [0.15, 0.2) is 0 Å². The van der Waals surface area contributed by atoms with E-state index in [4.69, 9.17) is 4.74 Å². The van der Waals surface area contributed by atoms with Crippen molar-refractivity contribution in [1.29, 1.82) is 0 Å². The minimum absolute atomic E-state index is 0.0331. The quantitative estimate of drug-likeness (QED) is 0.824. The summed E-state index contributed by atoms with van der Waals surface area (Å²) in [5, 5.41) is 0. The summed E-state index contributed by atoms with van der Waals surface area (Å²) in [7, 11) is 1.61. The number of hydrogen-bond acceptors (Lipinski definition) is 7. The van der Waals surface area contributed by atoms with Crippen molar-refractivity contribution in [2.75, 3.05) is 38.2 Å². The molecule has 27 heavy (non-hydrogen) atoms. The number of amides is 1. The molecule has 2 saturated heterocycles. The normalized spacial score (nSPS) is 23.7. The van der Waals surface area contributed by atoms with Crippen molar-refractivity contribution >= 4 is 11.9 Å². The number of carbonyl (C=O) groups excluding carboxylic acids is 1. The maximum absolute atomic E-state index is 12.0. The molecular formula is C19H24N6O2. The zero-order valence-electron chi connectivity index (χ0n) is 15.3. The summed E-state index contributed by atoms with van der Waals surface area (Å²) >= 11 is 0. The van der Waals surface area contributed by atoms with E-state index in [9.17, 15) is 4.79 Å². The summed E-state index contributed by atoms with van der Waals surface area (Å²) in [6, 6.07) is 12.2. The van der Waals surface area contributed by atoms with E-state index in [-0.39, 0.29) is 18.0 Å². The van der Waals surface area contributed by atoms with E-state index in [2.05, 4.69) is 42.8 Å². The smallest absolute Gasteiger partial charge is 0.235 e. The lowest BCUT2D eigenvalue weighted by molar-refractivity contribution is -0.126. The van der Waals surface area contributed by atoms with Crippen molar-refractivity contribution in [3.05, 3.63) is 48.2 Å². The summed E-state index contributed by atoms with van der Waals surface area (Å²) in [6.45, 7) is 3.33. The molecule has 1 amide bonds. The average molecular weight is 368 g/mol. The molecule has 0 radical (unpaired) electrons. The summed E-state index contributed by atoms with van der Waals surface area (Å²) in [5.41, 5.74) is 7.16. The molecule has 2 atom stereocenters. The van der Waals surface area contributed by atoms with Gasteiger partial charge in [0.05, 0.1) is 13.2 Å². The molecule has 1 aromatic heterocycles. The van der Waals surface area contributed by atoms with Crippen LogP contribution in [0.3, 0.4) is 0 Å². The Balaban J connectivity index is 1.46. The highest BCUT2D eigenvalue weighted by Crippen LogP contribution is 2.27. The Bertz CT molecular complexity index is 779. The fourth-order valence-electron chi connectivity index (χ4n) is 3.77. The number of aromatic nitrogens is 2. The highest BCUT2D eigenvalue weighted by Gasteiger charge is 2.36. The first-order chi connectivity index (χ1) is 13.2. The van der Waals surface area contributed by atoms with Gasteiger partial charge in [0, 0.05) is 50.9 Å². The number of nitrogens with one attached hydrogen (secondary N) is 2. The molecule has 8 nitrogen and oxygen atoms in total. The van der Waals surface area contributed by atoms with Gasteiger partial charge < -0.3 is 9.64 Å². The number of methoxy groups -OCH3 is 1. The fourth-order valence-corrected chi connectivity index (χ4v) is 3.77. The highest BCUT2D eigenvalue weighted by atomic mass is 16.5. The lowest BCUT2D eigenvalue weighted by atomic mass is 9.93. The number of rotatable bonds is 4. The largest absolute Gasteiger partial charge is 0.481 e. The summed E-state index contributed by atoms with van der Waals surface area (Å²) in [5.74, 6) is 1.29. The van der Waals surface area contributed by atoms with Gasteiger partial charge in [-0.15, -0.1) is 0 Å². The first-order valence-electron chi connectivity index (χ1n) is 9.20. The first kappa shape index (κ1) is 17.7. The molecule has 2 N–H and O–H groups in total. The Morgan fingerprint density at radius 3 is 2.63 bits per heavy atom. The SMILES string of the molecule is COc1ccnc(N2CCN(C3CC(=O)NNC3c3ccccc3)CC2)n1. The Hall–Kier alpha value is -2.71. The molecular weight excluding hydrogens is 344 g/mol. The first-order valence-corrected chi connectivity index (χ1v) is 9.20. The molecule has 3 heterocycles. The maximum atomic E-state index is 12.0. The van der Waals surface area contributed by atoms with Gasteiger partial charge in [0.2, 0.25) is 17.7 Å². The van der Waals surface area contributed by atoms with Crippen molar-refractivity contribution < 1.29 is 9.53 Å². The van der Waals surface area contributed by atoms with E-state index in [0.29, 0.717) is 18.2 Å². The van der Waals surface area contributed by atoms with Crippen LogP contribution >= 0.6 is 0 Å². The third-order valence-corrected chi connectivity index (χ3v) is 5.20. The number of hydrogen-bond donors (Lipinski definition) is 2. The molecule has 8 heteroatoms. The van der Waals surface area contributed by atoms with Crippen LogP contribution in [-0.4, -0.2) is 60.1 Å². The van der Waals surface area contributed by atoms with Gasteiger partial charge in [-0.25, -0.2) is 10.4 Å². The predicted molar refractivity (Wildman–Crippen MR) is 101 cm³/mol. The van der Waals surface area contributed by atoms with E-state index < -0.39 is 0 Å². The van der Waals surface area contributed by atoms with Crippen molar-refractivity contribution in [2.45, 2.75) is 18.5 Å². The number of ether oxygens (including phenoxy) is 1. The minimum Gasteiger partial charge on any atom is -0.481 e. The molecule has 2 aliphatic heterocycles. The number of hydrazine groups is 1. The van der Waals surface area contributed by atoms with Crippen molar-refractivity contribution in [3.63, 3.8) is 0 Å². The predicted octanol–water partition coefficient (Wildman–Crippen LogP) is 0.742. The molecule has 1 aromatic carbocycles. The second-order valence-electron chi connectivity index (χ2n) is 6.77. The summed E-state index contributed by atoms with van der Waals surface area (Å²) in [4.78, 5) is 25.3. The monoisotopic (exact) mass is 368 g/mol. The van der Waals surface area contributed by atoms with E-state index in [1.165, 1.54) is 5.56 Å². The molecule has 0 aliphatic carbocycles. The third kappa shape index (κ3) is 3.86. The number of carbonyl (C=O) groups is 1. The van der Waals surface area contributed by atoms with Gasteiger partial charge >= 0.3 is 0 Å². The van der Waals surface area contributed by atoms with E-state index in [1.54, 1.807) is 19.4 Å². The molecule has 2 aliphatic rings. The third-order valence-electron chi connectivity index (χ3n) is 5.20. The van der Waals surface area contributed by atoms with Gasteiger partial charge in [-0.1, -0.05) is 30.3 Å². The van der Waals surface area contributed by atoms with Gasteiger partial charge in [0.1, 0.15) is 0 Å². The number of nitrogens with zero attached hydrogens (tertiary/aromatic N) is 4. The molecule has 0 bridgehead atoms. The second kappa shape index (κ2) is 7.89. The molecule has 142 valence electrons. The van der Waals surface area contributed by atoms with Crippen LogP contribution in [0.4, 0.5) is 5.95 Å². The summed E-state index contributed by atoms with van der Waals surface area (Å²) < 4.78 is 5.20. The summed E-state index contributed by atoms with van der Waals surface area (Å²) in [6.07, 6.45) is 2.20. The lowest BCUT2D eigenvalue weighted by Gasteiger charge is -2.44. The lowest BCUT2D eigenvalue weighted by Crippen LogP contribution is -2.60. The topological polar surface area (TPSA) is 82.6 Å². The van der Waals surface area contributed by atoms with Crippen molar-refractivity contribution in [2.24, 2.45) is 0 Å². The van der Waals surface area contributed by atoms with Gasteiger partial charge in [0.25, 0.3) is 0 Å². The molecule has 0 spiro atoms. The van der Waals surface area contributed by atoms with E-state index in [0.717, 1.165) is 26.2 Å². The van der Waals surface area contributed by atoms with Crippen LogP contribution in [0.15, 0.2) is 42.6 Å². The van der Waals surface area contributed by atoms with Crippen molar-refractivity contribution in [1.82, 2.24) is 25.7 Å². The van der Waals surface area contributed by atoms with Crippen LogP contribution in [0.1, 0.15) is 18.0 Å². The molecule has 2 fully saturated rings. The minimum atomic E-state index is 0.0331. The Morgan fingerprint density at radius 2 is 1.89 bits per heavy atom. The molecule has 2 aromatic rings. The zero-order chi connectivity index (χ0) is 18.6. The molecule has 4 rings (SSSR count). The second-order valence-corrected chi connectivity index (χ2v) is 6.77. The molecule has 2 unspecified atom stereocenters. The van der Waals surface area contributed by atoms with Crippen LogP contribution in [0.25, 0.3) is 0 Å². The Morgan fingerprint density at radius 1 is 1.11 bits per heavy atom. The van der Waals surface area contributed by atoms with Crippen LogP contribution in [-0.2, 0) is 4.79 Å². The standard InChI is InChI=1S/C19H24N6O2/c1-27-17-7-8-20-19(21-17)25-11-9-24(10-12-25)15-13-16(26)22-23-18(15)14-5-3-2-4-6-14/h2-8,15,18,23H,9-13H2,1H3,(H,22,26). The van der Waals surface area contributed by atoms with Crippen LogP contribution < -0.4 is 20.5 Å². The van der Waals surface area contributed by atoms with E-state index >= 15 is 0 Å². The average Bonchev–Trinajstić information content (AvgIpc) is 2.74. The highest BCUT2D eigenvalue weighted by molar-refractivity contribution is 5.77. The maximum Gasteiger partial charge on any atom is 0.235 e. The van der Waals surface area contributed by atoms with E-state index in [1.807, 2.05) is 18.2 Å².